The van der Waals surface area contributed by atoms with Crippen LogP contribution < -0.4 is 9.64 Å². The van der Waals surface area contributed by atoms with E-state index < -0.39 is 0 Å². The van der Waals surface area contributed by atoms with Crippen molar-refractivity contribution in [3.8, 4) is 5.75 Å². The molecule has 16 heavy (non-hydrogen) atoms. The number of carbonyl (C=O) groups excluding carboxylic acids is 2. The molecule has 1 aliphatic rings. The van der Waals surface area contributed by atoms with Crippen LogP contribution in [0.3, 0.4) is 0 Å². The van der Waals surface area contributed by atoms with Gasteiger partial charge in [0.1, 0.15) is 5.75 Å². The monoisotopic (exact) mass is 237 g/mol. The number of amides is 2. The number of methoxy groups -OCH3 is 1. The third-order valence-corrected chi connectivity index (χ3v) is 3.30. The second-order valence-electron chi connectivity index (χ2n) is 3.40. The fraction of sp³-hybridized carbons (Fsp3) is 0.273. The minimum absolute atomic E-state index is 0.167. The number of imide groups is 1. The van der Waals surface area contributed by atoms with Gasteiger partial charge in [-0.05, 0) is 31.2 Å². The van der Waals surface area contributed by atoms with Crippen LogP contribution in [0.2, 0.25) is 0 Å². The molecule has 0 bridgehead atoms. The molecule has 1 aromatic rings. The Morgan fingerprint density at radius 3 is 2.31 bits per heavy atom. The van der Waals surface area contributed by atoms with Crippen LogP contribution in [0.4, 0.5) is 10.5 Å². The fourth-order valence-electron chi connectivity index (χ4n) is 1.49. The Morgan fingerprint density at radius 2 is 1.88 bits per heavy atom. The van der Waals surface area contributed by atoms with E-state index in [1.807, 2.05) is 0 Å². The van der Waals surface area contributed by atoms with E-state index in [0.29, 0.717) is 11.4 Å². The first kappa shape index (κ1) is 11.0. The van der Waals surface area contributed by atoms with Crippen LogP contribution in [0.5, 0.6) is 5.75 Å². The summed E-state index contributed by atoms with van der Waals surface area (Å²) in [5.74, 6) is 0.531. The van der Waals surface area contributed by atoms with E-state index >= 15 is 0 Å². The van der Waals surface area contributed by atoms with Gasteiger partial charge in [0, 0.05) is 0 Å². The number of hydrogen-bond donors (Lipinski definition) is 0. The van der Waals surface area contributed by atoms with Crippen LogP contribution in [0.15, 0.2) is 24.3 Å². The number of ether oxygens (including phenoxy) is 1. The molecule has 0 aromatic heterocycles. The summed E-state index contributed by atoms with van der Waals surface area (Å²) in [6, 6.07) is 6.85. The average molecular weight is 237 g/mol. The number of anilines is 1. The van der Waals surface area contributed by atoms with Crippen molar-refractivity contribution in [2.24, 2.45) is 0 Å². The third kappa shape index (κ3) is 1.78. The van der Waals surface area contributed by atoms with Crippen LogP contribution in [-0.4, -0.2) is 23.5 Å². The van der Waals surface area contributed by atoms with Crippen LogP contribution >= 0.6 is 11.8 Å². The van der Waals surface area contributed by atoms with Crippen molar-refractivity contribution < 1.29 is 14.3 Å². The summed E-state index contributed by atoms with van der Waals surface area (Å²) in [5.41, 5.74) is 0.590. The summed E-state index contributed by atoms with van der Waals surface area (Å²) in [7, 11) is 1.57. The molecule has 1 saturated heterocycles. The molecule has 1 fully saturated rings. The minimum atomic E-state index is -0.297. The number of carbonyl (C=O) groups is 2. The number of benzene rings is 1. The van der Waals surface area contributed by atoms with Crippen molar-refractivity contribution >= 4 is 28.6 Å². The van der Waals surface area contributed by atoms with Crippen molar-refractivity contribution in [2.45, 2.75) is 12.2 Å². The normalized spacial score (nSPS) is 20.4. The lowest BCUT2D eigenvalue weighted by Gasteiger charge is -2.13. The highest BCUT2D eigenvalue weighted by Gasteiger charge is 2.37. The fourth-order valence-corrected chi connectivity index (χ4v) is 2.30. The SMILES string of the molecule is COc1ccc(N2C(=O)SC(C)C2=O)cc1. The van der Waals surface area contributed by atoms with Gasteiger partial charge in [0.05, 0.1) is 18.0 Å². The highest BCUT2D eigenvalue weighted by atomic mass is 32.2. The Kier molecular flexibility index (Phi) is 2.87. The Bertz CT molecular complexity index is 429. The highest BCUT2D eigenvalue weighted by molar-refractivity contribution is 8.15. The van der Waals surface area contributed by atoms with Crippen molar-refractivity contribution in [1.29, 1.82) is 0 Å². The summed E-state index contributed by atoms with van der Waals surface area (Å²) in [4.78, 5) is 24.5. The molecule has 4 nitrogen and oxygen atoms in total. The number of nitrogens with zero attached hydrogens (tertiary/aromatic N) is 1. The first-order chi connectivity index (χ1) is 7.63. The molecule has 1 aliphatic heterocycles. The van der Waals surface area contributed by atoms with E-state index in [2.05, 4.69) is 0 Å². The smallest absolute Gasteiger partial charge is 0.293 e. The molecule has 0 spiro atoms. The van der Waals surface area contributed by atoms with Gasteiger partial charge in [-0.15, -0.1) is 0 Å². The van der Waals surface area contributed by atoms with E-state index in [4.69, 9.17) is 4.74 Å². The van der Waals surface area contributed by atoms with E-state index in [0.717, 1.165) is 11.8 Å². The predicted octanol–water partition coefficient (Wildman–Crippen LogP) is 2.28. The van der Waals surface area contributed by atoms with Gasteiger partial charge < -0.3 is 4.74 Å². The van der Waals surface area contributed by atoms with Crippen molar-refractivity contribution in [2.75, 3.05) is 12.0 Å². The highest BCUT2D eigenvalue weighted by Crippen LogP contribution is 2.31. The van der Waals surface area contributed by atoms with Crippen LogP contribution in [0.1, 0.15) is 6.92 Å². The molecule has 1 atom stereocenters. The summed E-state index contributed by atoms with van der Waals surface area (Å²) in [6.07, 6.45) is 0. The zero-order chi connectivity index (χ0) is 11.7. The second kappa shape index (κ2) is 4.17. The quantitative estimate of drug-likeness (QED) is 0.791. The maximum Gasteiger partial charge on any atom is 0.293 e. The van der Waals surface area contributed by atoms with Crippen LogP contribution in [0, 0.1) is 0 Å². The maximum atomic E-state index is 11.7. The van der Waals surface area contributed by atoms with E-state index in [-0.39, 0.29) is 16.4 Å². The largest absolute Gasteiger partial charge is 0.497 e. The topological polar surface area (TPSA) is 46.6 Å². The van der Waals surface area contributed by atoms with Gasteiger partial charge in [-0.1, -0.05) is 11.8 Å². The summed E-state index contributed by atoms with van der Waals surface area (Å²) >= 11 is 1.05. The lowest BCUT2D eigenvalue weighted by atomic mass is 10.2. The van der Waals surface area contributed by atoms with Gasteiger partial charge in [0.2, 0.25) is 5.91 Å². The first-order valence-electron chi connectivity index (χ1n) is 4.82. The maximum absolute atomic E-state index is 11.7. The molecule has 2 rings (SSSR count). The van der Waals surface area contributed by atoms with Crippen LogP contribution in [-0.2, 0) is 4.79 Å². The molecular weight excluding hydrogens is 226 g/mol. The molecule has 5 heteroatoms. The lowest BCUT2D eigenvalue weighted by molar-refractivity contribution is -0.116. The summed E-state index contributed by atoms with van der Waals surface area (Å²) in [6.45, 7) is 1.73. The number of rotatable bonds is 2. The molecule has 1 heterocycles. The van der Waals surface area contributed by atoms with Crippen molar-refractivity contribution in [3.63, 3.8) is 0 Å². The van der Waals surface area contributed by atoms with Crippen LogP contribution in [0.25, 0.3) is 0 Å². The van der Waals surface area contributed by atoms with Crippen molar-refractivity contribution in [3.05, 3.63) is 24.3 Å². The van der Waals surface area contributed by atoms with Gasteiger partial charge >= 0.3 is 0 Å². The number of hydrogen-bond acceptors (Lipinski definition) is 4. The molecule has 0 saturated carbocycles. The molecular formula is C11H11NO3S. The predicted molar refractivity (Wildman–Crippen MR) is 62.9 cm³/mol. The van der Waals surface area contributed by atoms with E-state index in [1.165, 1.54) is 4.90 Å². The van der Waals surface area contributed by atoms with Gasteiger partial charge in [-0.25, -0.2) is 4.90 Å². The molecule has 84 valence electrons. The zero-order valence-electron chi connectivity index (χ0n) is 8.97. The summed E-state index contributed by atoms with van der Waals surface area (Å²) in [5, 5.41) is -0.516. The van der Waals surface area contributed by atoms with Crippen molar-refractivity contribution in [1.82, 2.24) is 0 Å². The third-order valence-electron chi connectivity index (χ3n) is 2.36. The van der Waals surface area contributed by atoms with E-state index in [9.17, 15) is 9.59 Å². The Balaban J connectivity index is 2.30. The molecule has 0 radical (unpaired) electrons. The number of thioether (sulfide) groups is 1. The standard InChI is InChI=1S/C11H11NO3S/c1-7-10(13)12(11(14)16-7)8-3-5-9(15-2)6-4-8/h3-7H,1-2H3. The Labute approximate surface area is 97.6 Å². The molecule has 0 aliphatic carbocycles. The van der Waals surface area contributed by atoms with Gasteiger partial charge in [0.15, 0.2) is 0 Å². The van der Waals surface area contributed by atoms with Gasteiger partial charge in [-0.3, -0.25) is 9.59 Å². The van der Waals surface area contributed by atoms with E-state index in [1.54, 1.807) is 38.3 Å². The molecule has 1 unspecified atom stereocenters. The molecule has 0 N–H and O–H groups in total. The molecule has 2 amide bonds. The Hall–Kier alpha value is -1.49. The summed E-state index contributed by atoms with van der Waals surface area (Å²) < 4.78 is 5.01. The minimum Gasteiger partial charge on any atom is -0.497 e. The second-order valence-corrected chi connectivity index (χ2v) is 4.69. The first-order valence-corrected chi connectivity index (χ1v) is 5.70. The van der Waals surface area contributed by atoms with Gasteiger partial charge in [0.25, 0.3) is 5.24 Å². The van der Waals surface area contributed by atoms with Gasteiger partial charge in [-0.2, -0.15) is 0 Å². The average Bonchev–Trinajstić information content (AvgIpc) is 2.54. The Morgan fingerprint density at radius 1 is 1.25 bits per heavy atom. The molecule has 1 aromatic carbocycles. The lowest BCUT2D eigenvalue weighted by Crippen LogP contribution is -2.30. The zero-order valence-corrected chi connectivity index (χ0v) is 9.78.